The highest BCUT2D eigenvalue weighted by Gasteiger charge is 2.31. The number of aromatic nitrogens is 1. The normalized spacial score (nSPS) is 20.8. The highest BCUT2D eigenvalue weighted by atomic mass is 35.5. The Morgan fingerprint density at radius 1 is 1.21 bits per heavy atom. The summed E-state index contributed by atoms with van der Waals surface area (Å²) in [6.07, 6.45) is 2.96. The first kappa shape index (κ1) is 19.1. The summed E-state index contributed by atoms with van der Waals surface area (Å²) in [7, 11) is 0. The lowest BCUT2D eigenvalue weighted by atomic mass is 9.97. The standard InChI is InChI=1S/C15H18Cl3N3O3/c1-7-4-3-5-8(2)21(7)9(22)6-24-15(23)13-10(16)12(19)11(17)14(18)20-13/h7-8H,3-6H2,1-2H3,(H2,19,20)/p+1/t7-,8-/m0/s1. The van der Waals surface area contributed by atoms with Crippen molar-refractivity contribution in [3.63, 3.8) is 0 Å². The fraction of sp³-hybridized carbons (Fsp3) is 0.533. The summed E-state index contributed by atoms with van der Waals surface area (Å²) in [6.45, 7) is 3.59. The van der Waals surface area contributed by atoms with E-state index >= 15 is 0 Å². The Bertz CT molecular complexity index is 659. The topological polar surface area (TPSA) is 86.8 Å². The van der Waals surface area contributed by atoms with Gasteiger partial charge in [-0.05, 0) is 44.7 Å². The number of esters is 1. The molecule has 0 radical (unpaired) electrons. The Labute approximate surface area is 155 Å². The van der Waals surface area contributed by atoms with Crippen LogP contribution >= 0.6 is 34.8 Å². The van der Waals surface area contributed by atoms with Gasteiger partial charge < -0.3 is 15.4 Å². The summed E-state index contributed by atoms with van der Waals surface area (Å²) in [5.74, 6) is -1.07. The van der Waals surface area contributed by atoms with E-state index in [-0.39, 0.29) is 51.2 Å². The molecule has 0 aromatic carbocycles. The number of hydrogen-bond donors (Lipinski definition) is 1. The van der Waals surface area contributed by atoms with Gasteiger partial charge in [0.2, 0.25) is 0 Å². The third-order valence-corrected chi connectivity index (χ3v) is 5.30. The molecule has 9 heteroatoms. The predicted octanol–water partition coefficient (Wildman–Crippen LogP) is 2.99. The van der Waals surface area contributed by atoms with Crippen LogP contribution in [-0.4, -0.2) is 35.5 Å². The predicted molar refractivity (Wildman–Crippen MR) is 92.3 cm³/mol. The minimum absolute atomic E-state index is 0.0188. The minimum atomic E-state index is -0.823. The largest absolute Gasteiger partial charge is 0.448 e. The van der Waals surface area contributed by atoms with E-state index in [1.165, 1.54) is 0 Å². The van der Waals surface area contributed by atoms with Crippen LogP contribution in [0.2, 0.25) is 15.2 Å². The van der Waals surface area contributed by atoms with Gasteiger partial charge in [-0.25, -0.2) is 4.79 Å². The average molecular weight is 396 g/mol. The first-order chi connectivity index (χ1) is 11.2. The number of halogens is 3. The molecule has 1 aliphatic heterocycles. The number of nitrogens with one attached hydrogen (secondary N) is 1. The van der Waals surface area contributed by atoms with Crippen LogP contribution in [0, 0.1) is 0 Å². The highest BCUT2D eigenvalue weighted by molar-refractivity contribution is 6.45. The molecule has 2 atom stereocenters. The molecule has 2 heterocycles. The smallest absolute Gasteiger partial charge is 0.405 e. The molecule has 132 valence electrons. The van der Waals surface area contributed by atoms with E-state index in [1.54, 1.807) is 4.90 Å². The van der Waals surface area contributed by atoms with Gasteiger partial charge in [0.15, 0.2) is 6.61 Å². The second-order valence-corrected chi connectivity index (χ2v) is 7.00. The van der Waals surface area contributed by atoms with Crippen molar-refractivity contribution < 1.29 is 19.3 Å². The van der Waals surface area contributed by atoms with Crippen molar-refractivity contribution in [1.29, 1.82) is 0 Å². The average Bonchev–Trinajstić information content (AvgIpc) is 2.53. The third-order valence-electron chi connectivity index (χ3n) is 4.13. The first-order valence-corrected chi connectivity index (χ1v) is 8.71. The molecule has 1 fully saturated rings. The summed E-state index contributed by atoms with van der Waals surface area (Å²) in [5, 5.41) is -0.109. The number of piperidine rings is 1. The second kappa shape index (κ2) is 7.76. The molecule has 0 aliphatic carbocycles. The molecule has 1 aliphatic rings. The number of rotatable bonds is 3. The lowest BCUT2D eigenvalue weighted by Gasteiger charge is -2.38. The molecule has 0 spiro atoms. The van der Waals surface area contributed by atoms with Gasteiger partial charge in [0, 0.05) is 12.1 Å². The van der Waals surface area contributed by atoms with Crippen LogP contribution in [0.25, 0.3) is 0 Å². The summed E-state index contributed by atoms with van der Waals surface area (Å²) in [6, 6.07) is 0.242. The van der Waals surface area contributed by atoms with E-state index in [4.69, 9.17) is 45.3 Å². The summed E-state index contributed by atoms with van der Waals surface area (Å²) in [5.41, 5.74) is 5.51. The van der Waals surface area contributed by atoms with Crippen molar-refractivity contribution in [2.45, 2.75) is 45.2 Å². The van der Waals surface area contributed by atoms with E-state index in [0.717, 1.165) is 19.3 Å². The number of nitrogen functional groups attached to an aromatic ring is 1. The number of anilines is 1. The number of carbonyl (C=O) groups is 2. The van der Waals surface area contributed by atoms with Crippen molar-refractivity contribution in [2.75, 3.05) is 12.3 Å². The monoisotopic (exact) mass is 394 g/mol. The Hall–Kier alpha value is -1.24. The zero-order chi connectivity index (χ0) is 18.0. The summed E-state index contributed by atoms with van der Waals surface area (Å²) >= 11 is 17.7. The van der Waals surface area contributed by atoms with E-state index in [1.807, 2.05) is 13.8 Å². The molecule has 6 nitrogen and oxygen atoms in total. The van der Waals surface area contributed by atoms with E-state index in [2.05, 4.69) is 4.98 Å². The molecular formula is C15H19Cl3N3O3+. The van der Waals surface area contributed by atoms with Gasteiger partial charge in [-0.3, -0.25) is 4.79 Å². The van der Waals surface area contributed by atoms with Gasteiger partial charge in [0.25, 0.3) is 11.1 Å². The SMILES string of the molecule is C[C@H]1CCC[C@H](C)N1C(=O)COC(=O)c1[nH+]c(Cl)c(Cl)c(N)c1Cl. The van der Waals surface area contributed by atoms with Crippen LogP contribution in [0.3, 0.4) is 0 Å². The van der Waals surface area contributed by atoms with Crippen LogP contribution < -0.4 is 10.7 Å². The number of likely N-dealkylation sites (tertiary alicyclic amines) is 1. The third kappa shape index (κ3) is 3.87. The highest BCUT2D eigenvalue weighted by Crippen LogP contribution is 2.32. The molecule has 0 saturated carbocycles. The Morgan fingerprint density at radius 2 is 1.79 bits per heavy atom. The maximum Gasteiger partial charge on any atom is 0.405 e. The van der Waals surface area contributed by atoms with Crippen LogP contribution in [0.1, 0.15) is 43.6 Å². The van der Waals surface area contributed by atoms with E-state index < -0.39 is 5.97 Å². The molecule has 24 heavy (non-hydrogen) atoms. The molecule has 1 aromatic heterocycles. The number of ether oxygens (including phenoxy) is 1. The number of hydrogen-bond acceptors (Lipinski definition) is 4. The van der Waals surface area contributed by atoms with Gasteiger partial charge in [-0.15, -0.1) is 0 Å². The fourth-order valence-corrected chi connectivity index (χ4v) is 3.50. The molecule has 1 amide bonds. The van der Waals surface area contributed by atoms with Gasteiger partial charge in [-0.1, -0.05) is 23.2 Å². The quantitative estimate of drug-likeness (QED) is 0.629. The Morgan fingerprint density at radius 3 is 2.38 bits per heavy atom. The van der Waals surface area contributed by atoms with E-state index in [0.29, 0.717) is 0 Å². The lowest BCUT2D eigenvalue weighted by molar-refractivity contribution is -0.380. The van der Waals surface area contributed by atoms with Crippen molar-refractivity contribution >= 4 is 52.4 Å². The lowest BCUT2D eigenvalue weighted by Crippen LogP contribution is -2.49. The zero-order valence-electron chi connectivity index (χ0n) is 13.4. The van der Waals surface area contributed by atoms with Gasteiger partial charge >= 0.3 is 11.7 Å². The zero-order valence-corrected chi connectivity index (χ0v) is 15.6. The second-order valence-electron chi connectivity index (χ2n) is 5.86. The van der Waals surface area contributed by atoms with Crippen molar-refractivity contribution in [3.8, 4) is 0 Å². The first-order valence-electron chi connectivity index (χ1n) is 7.57. The maximum absolute atomic E-state index is 12.4. The maximum atomic E-state index is 12.4. The number of nitrogens with zero attached hydrogens (tertiary/aromatic N) is 1. The number of carbonyl (C=O) groups excluding carboxylic acids is 2. The molecule has 0 unspecified atom stereocenters. The van der Waals surface area contributed by atoms with Crippen molar-refractivity contribution in [1.82, 2.24) is 4.90 Å². The fourth-order valence-electron chi connectivity index (χ4n) is 2.90. The molecule has 2 rings (SSSR count). The summed E-state index contributed by atoms with van der Waals surface area (Å²) in [4.78, 5) is 28.8. The molecule has 1 aromatic rings. The molecular weight excluding hydrogens is 377 g/mol. The van der Waals surface area contributed by atoms with Crippen LogP contribution in [-0.2, 0) is 9.53 Å². The van der Waals surface area contributed by atoms with E-state index in [9.17, 15) is 9.59 Å². The van der Waals surface area contributed by atoms with Crippen molar-refractivity contribution in [3.05, 3.63) is 20.9 Å². The van der Waals surface area contributed by atoms with Gasteiger partial charge in [0.05, 0.1) is 5.69 Å². The van der Waals surface area contributed by atoms with Crippen LogP contribution in [0.5, 0.6) is 0 Å². The number of pyridine rings is 1. The van der Waals surface area contributed by atoms with Gasteiger partial charge in [-0.2, -0.15) is 4.98 Å². The van der Waals surface area contributed by atoms with Gasteiger partial charge in [0.1, 0.15) is 10.0 Å². The molecule has 3 N–H and O–H groups in total. The molecule has 1 saturated heterocycles. The number of aromatic amines is 1. The number of amides is 1. The Balaban J connectivity index is 2.07. The van der Waals surface area contributed by atoms with Crippen molar-refractivity contribution in [2.24, 2.45) is 0 Å². The Kier molecular flexibility index (Phi) is 6.17. The summed E-state index contributed by atoms with van der Waals surface area (Å²) < 4.78 is 5.07. The number of H-pyrrole nitrogens is 1. The minimum Gasteiger partial charge on any atom is -0.448 e. The van der Waals surface area contributed by atoms with Crippen LogP contribution in [0.15, 0.2) is 0 Å². The number of nitrogens with two attached hydrogens (primary N) is 1. The molecule has 0 bridgehead atoms. The van der Waals surface area contributed by atoms with Crippen LogP contribution in [0.4, 0.5) is 5.69 Å².